The molecule has 0 aliphatic heterocycles. The molecule has 2 rings (SSSR count). The van der Waals surface area contributed by atoms with Crippen LogP contribution in [0.15, 0.2) is 18.7 Å². The number of carbonyl (C=O) groups excluding carboxylic acids is 1. The van der Waals surface area contributed by atoms with Crippen LogP contribution in [0.3, 0.4) is 0 Å². The second-order valence-electron chi connectivity index (χ2n) is 5.57. The highest BCUT2D eigenvalue weighted by atomic mass is 16.4. The van der Waals surface area contributed by atoms with E-state index in [-0.39, 0.29) is 23.8 Å². The maximum Gasteiger partial charge on any atom is 0.306 e. The van der Waals surface area contributed by atoms with Gasteiger partial charge in [0.1, 0.15) is 0 Å². The fourth-order valence-corrected chi connectivity index (χ4v) is 2.77. The molecule has 0 radical (unpaired) electrons. The van der Waals surface area contributed by atoms with E-state index in [0.29, 0.717) is 19.4 Å². The molecule has 1 amide bonds. The van der Waals surface area contributed by atoms with Gasteiger partial charge in [-0.1, -0.05) is 6.42 Å². The van der Waals surface area contributed by atoms with Crippen molar-refractivity contribution in [3.63, 3.8) is 0 Å². The molecular weight excluding hydrogens is 258 g/mol. The van der Waals surface area contributed by atoms with Crippen LogP contribution in [0.25, 0.3) is 0 Å². The monoisotopic (exact) mass is 279 g/mol. The second-order valence-corrected chi connectivity index (χ2v) is 5.57. The van der Waals surface area contributed by atoms with Gasteiger partial charge in [0, 0.05) is 30.9 Å². The highest BCUT2D eigenvalue weighted by Crippen LogP contribution is 2.29. The average Bonchev–Trinajstić information content (AvgIpc) is 2.91. The molecule has 1 aliphatic carbocycles. The van der Waals surface area contributed by atoms with Crippen LogP contribution in [0.4, 0.5) is 0 Å². The summed E-state index contributed by atoms with van der Waals surface area (Å²) in [5, 5.41) is 12.0. The van der Waals surface area contributed by atoms with E-state index in [2.05, 4.69) is 10.3 Å². The van der Waals surface area contributed by atoms with E-state index in [9.17, 15) is 9.59 Å². The molecule has 3 atom stereocenters. The second kappa shape index (κ2) is 6.54. The van der Waals surface area contributed by atoms with Crippen molar-refractivity contribution in [2.75, 3.05) is 0 Å². The lowest BCUT2D eigenvalue weighted by molar-refractivity contribution is -0.144. The summed E-state index contributed by atoms with van der Waals surface area (Å²) in [5.74, 6) is -1.35. The van der Waals surface area contributed by atoms with Crippen molar-refractivity contribution < 1.29 is 14.7 Å². The average molecular weight is 279 g/mol. The SMILES string of the molecule is CC(Cn1ccnc1)NC(=O)C1CCCC(C(=O)O)C1. The summed E-state index contributed by atoms with van der Waals surface area (Å²) in [6, 6.07) is 0.00176. The van der Waals surface area contributed by atoms with E-state index < -0.39 is 5.97 Å². The number of nitrogens with one attached hydrogen (secondary N) is 1. The number of carboxylic acids is 1. The number of hydrogen-bond acceptors (Lipinski definition) is 3. The van der Waals surface area contributed by atoms with Crippen molar-refractivity contribution in [1.82, 2.24) is 14.9 Å². The summed E-state index contributed by atoms with van der Waals surface area (Å²) in [4.78, 5) is 27.1. The normalized spacial score (nSPS) is 24.1. The summed E-state index contributed by atoms with van der Waals surface area (Å²) in [5.41, 5.74) is 0. The van der Waals surface area contributed by atoms with Crippen LogP contribution in [0.5, 0.6) is 0 Å². The summed E-state index contributed by atoms with van der Waals surface area (Å²) in [7, 11) is 0. The van der Waals surface area contributed by atoms with Gasteiger partial charge in [0.25, 0.3) is 0 Å². The minimum absolute atomic E-state index is 0.00176. The van der Waals surface area contributed by atoms with Gasteiger partial charge in [0.15, 0.2) is 0 Å². The molecule has 1 heterocycles. The molecule has 3 unspecified atom stereocenters. The van der Waals surface area contributed by atoms with Gasteiger partial charge < -0.3 is 15.0 Å². The number of aromatic nitrogens is 2. The molecule has 1 saturated carbocycles. The topological polar surface area (TPSA) is 84.2 Å². The molecule has 0 bridgehead atoms. The van der Waals surface area contributed by atoms with Crippen LogP contribution in [-0.4, -0.2) is 32.6 Å². The molecule has 0 aromatic carbocycles. The molecule has 2 N–H and O–H groups in total. The van der Waals surface area contributed by atoms with E-state index >= 15 is 0 Å². The van der Waals surface area contributed by atoms with Crippen LogP contribution >= 0.6 is 0 Å². The Labute approximate surface area is 118 Å². The first kappa shape index (κ1) is 14.6. The largest absolute Gasteiger partial charge is 0.481 e. The highest BCUT2D eigenvalue weighted by molar-refractivity contribution is 5.80. The molecule has 110 valence electrons. The molecule has 1 aromatic heterocycles. The van der Waals surface area contributed by atoms with Gasteiger partial charge in [0.05, 0.1) is 12.2 Å². The fourth-order valence-electron chi connectivity index (χ4n) is 2.77. The number of aliphatic carboxylic acids is 1. The van der Waals surface area contributed by atoms with Crippen molar-refractivity contribution >= 4 is 11.9 Å². The minimum atomic E-state index is -0.783. The van der Waals surface area contributed by atoms with Crippen LogP contribution in [0.1, 0.15) is 32.6 Å². The van der Waals surface area contributed by atoms with Crippen LogP contribution < -0.4 is 5.32 Å². The summed E-state index contributed by atoms with van der Waals surface area (Å²) < 4.78 is 1.91. The van der Waals surface area contributed by atoms with Gasteiger partial charge in [-0.05, 0) is 26.2 Å². The third kappa shape index (κ3) is 3.82. The van der Waals surface area contributed by atoms with Crippen molar-refractivity contribution in [3.8, 4) is 0 Å². The predicted octanol–water partition coefficient (Wildman–Crippen LogP) is 1.28. The quantitative estimate of drug-likeness (QED) is 0.850. The summed E-state index contributed by atoms with van der Waals surface area (Å²) in [6.07, 6.45) is 8.00. The predicted molar refractivity (Wildman–Crippen MR) is 72.9 cm³/mol. The first-order valence-corrected chi connectivity index (χ1v) is 7.05. The Morgan fingerprint density at radius 2 is 2.20 bits per heavy atom. The maximum absolute atomic E-state index is 12.2. The van der Waals surface area contributed by atoms with Crippen LogP contribution in [0.2, 0.25) is 0 Å². The number of hydrogen-bond donors (Lipinski definition) is 2. The zero-order chi connectivity index (χ0) is 14.5. The van der Waals surface area contributed by atoms with E-state index in [1.165, 1.54) is 0 Å². The van der Waals surface area contributed by atoms with E-state index in [0.717, 1.165) is 12.8 Å². The maximum atomic E-state index is 12.2. The van der Waals surface area contributed by atoms with Crippen LogP contribution in [0, 0.1) is 11.8 Å². The van der Waals surface area contributed by atoms with E-state index in [4.69, 9.17) is 5.11 Å². The fraction of sp³-hybridized carbons (Fsp3) is 0.643. The first-order valence-electron chi connectivity index (χ1n) is 7.05. The van der Waals surface area contributed by atoms with E-state index in [1.807, 2.05) is 17.7 Å². The number of rotatable bonds is 5. The molecule has 6 heteroatoms. The number of nitrogens with zero attached hydrogens (tertiary/aromatic N) is 2. The molecule has 0 saturated heterocycles. The highest BCUT2D eigenvalue weighted by Gasteiger charge is 2.31. The lowest BCUT2D eigenvalue weighted by Crippen LogP contribution is -2.41. The minimum Gasteiger partial charge on any atom is -0.481 e. The Hall–Kier alpha value is -1.85. The van der Waals surface area contributed by atoms with Gasteiger partial charge in [0.2, 0.25) is 5.91 Å². The van der Waals surface area contributed by atoms with Crippen molar-refractivity contribution in [2.24, 2.45) is 11.8 Å². The zero-order valence-electron chi connectivity index (χ0n) is 11.7. The zero-order valence-corrected chi connectivity index (χ0v) is 11.7. The Bertz CT molecular complexity index is 458. The number of amides is 1. The Morgan fingerprint density at radius 1 is 1.45 bits per heavy atom. The van der Waals surface area contributed by atoms with Crippen molar-refractivity contribution in [2.45, 2.75) is 45.2 Å². The molecule has 6 nitrogen and oxygen atoms in total. The Balaban J connectivity index is 1.83. The van der Waals surface area contributed by atoms with Gasteiger partial charge >= 0.3 is 5.97 Å². The van der Waals surface area contributed by atoms with Crippen LogP contribution in [-0.2, 0) is 16.1 Å². The third-order valence-electron chi connectivity index (χ3n) is 3.83. The summed E-state index contributed by atoms with van der Waals surface area (Å²) >= 11 is 0. The number of carbonyl (C=O) groups is 2. The van der Waals surface area contributed by atoms with Crippen molar-refractivity contribution in [1.29, 1.82) is 0 Å². The third-order valence-corrected chi connectivity index (χ3v) is 3.83. The van der Waals surface area contributed by atoms with E-state index in [1.54, 1.807) is 12.5 Å². The molecule has 1 aromatic rings. The molecular formula is C14H21N3O3. The van der Waals surface area contributed by atoms with Gasteiger partial charge in [-0.3, -0.25) is 9.59 Å². The van der Waals surface area contributed by atoms with Crippen molar-refractivity contribution in [3.05, 3.63) is 18.7 Å². The molecule has 20 heavy (non-hydrogen) atoms. The van der Waals surface area contributed by atoms with Gasteiger partial charge in [-0.15, -0.1) is 0 Å². The Kier molecular flexibility index (Phi) is 4.76. The lowest BCUT2D eigenvalue weighted by atomic mass is 9.81. The smallest absolute Gasteiger partial charge is 0.306 e. The number of imidazole rings is 1. The molecule has 0 spiro atoms. The molecule has 1 aliphatic rings. The summed E-state index contributed by atoms with van der Waals surface area (Å²) in [6.45, 7) is 2.61. The van der Waals surface area contributed by atoms with Gasteiger partial charge in [-0.25, -0.2) is 4.98 Å². The standard InChI is InChI=1S/C14H21N3O3/c1-10(8-17-6-5-15-9-17)16-13(18)11-3-2-4-12(7-11)14(19)20/h5-6,9-12H,2-4,7-8H2,1H3,(H,16,18)(H,19,20). The Morgan fingerprint density at radius 3 is 2.85 bits per heavy atom. The first-order chi connectivity index (χ1) is 9.56. The van der Waals surface area contributed by atoms with Gasteiger partial charge in [-0.2, -0.15) is 0 Å². The number of carboxylic acid groups (broad SMARTS) is 1. The lowest BCUT2D eigenvalue weighted by Gasteiger charge is -2.27. The molecule has 1 fully saturated rings.